The summed E-state index contributed by atoms with van der Waals surface area (Å²) in [6.45, 7) is 1.75. The lowest BCUT2D eigenvalue weighted by molar-refractivity contribution is 0.108. The smallest absolute Gasteiger partial charge is 0.217 e. The zero-order valence-corrected chi connectivity index (χ0v) is 13.2. The van der Waals surface area contributed by atoms with Gasteiger partial charge in [0.15, 0.2) is 0 Å². The Morgan fingerprint density at radius 2 is 2.26 bits per heavy atom. The molecule has 7 heteroatoms. The van der Waals surface area contributed by atoms with E-state index in [0.29, 0.717) is 43.4 Å². The van der Waals surface area contributed by atoms with Crippen LogP contribution in [-0.2, 0) is 17.8 Å². The molecule has 3 heterocycles. The number of rotatable bonds is 1. The molecule has 0 radical (unpaired) electrons. The maximum Gasteiger partial charge on any atom is 0.217 e. The molecule has 23 heavy (non-hydrogen) atoms. The zero-order valence-electron chi connectivity index (χ0n) is 12.5. The lowest BCUT2D eigenvalue weighted by Crippen LogP contribution is -2.15. The van der Waals surface area contributed by atoms with Crippen LogP contribution >= 0.6 is 11.6 Å². The normalized spacial score (nSPS) is 18.8. The van der Waals surface area contributed by atoms with E-state index in [1.165, 1.54) is 4.68 Å². The molecule has 0 unspecified atom stereocenters. The van der Waals surface area contributed by atoms with Crippen molar-refractivity contribution in [2.75, 3.05) is 24.2 Å². The fraction of sp³-hybridized carbons (Fsp3) is 0.312. The minimum absolute atomic E-state index is 0.0573. The second-order valence-corrected chi connectivity index (χ2v) is 6.07. The molecule has 4 N–H and O–H groups in total. The number of aliphatic hydroxyl groups excluding tert-OH is 1. The number of halogens is 1. The number of hydrogen-bond donors (Lipinski definition) is 3. The summed E-state index contributed by atoms with van der Waals surface area (Å²) in [5.74, 6) is 0.539. The summed E-state index contributed by atoms with van der Waals surface area (Å²) in [6, 6.07) is 5.63. The number of nitrogens with two attached hydrogens (primary N) is 1. The number of aliphatic hydroxyl groups is 1. The van der Waals surface area contributed by atoms with E-state index < -0.39 is 0 Å². The minimum atomic E-state index is 0.0573. The number of benzene rings is 1. The number of nitrogens with one attached hydrogen (secondary N) is 1. The third-order valence-corrected chi connectivity index (χ3v) is 4.64. The number of fused-ring (bicyclic) bond motifs is 2. The van der Waals surface area contributed by atoms with Gasteiger partial charge in [0.1, 0.15) is 5.82 Å². The predicted molar refractivity (Wildman–Crippen MR) is 90.3 cm³/mol. The Morgan fingerprint density at radius 3 is 3.09 bits per heavy atom. The first-order valence-electron chi connectivity index (χ1n) is 7.56. The van der Waals surface area contributed by atoms with E-state index in [1.54, 1.807) is 0 Å². The van der Waals surface area contributed by atoms with Crippen LogP contribution in [0.25, 0.3) is 11.5 Å². The summed E-state index contributed by atoms with van der Waals surface area (Å²) in [6.07, 6.45) is 1.38. The van der Waals surface area contributed by atoms with Gasteiger partial charge in [0.25, 0.3) is 0 Å². The van der Waals surface area contributed by atoms with Crippen molar-refractivity contribution in [2.24, 2.45) is 0 Å². The average Bonchev–Trinajstić information content (AvgIpc) is 2.92. The minimum Gasteiger partial charge on any atom is -0.493 e. The fourth-order valence-corrected chi connectivity index (χ4v) is 3.41. The number of nitrogen functional groups attached to an aromatic ring is 1. The Bertz CT molecular complexity index is 813. The van der Waals surface area contributed by atoms with Crippen molar-refractivity contribution in [3.05, 3.63) is 40.0 Å². The van der Waals surface area contributed by atoms with Crippen molar-refractivity contribution in [1.29, 1.82) is 0 Å². The lowest BCUT2D eigenvalue weighted by Gasteiger charge is -2.23. The summed E-state index contributed by atoms with van der Waals surface area (Å²) < 4.78 is 6.83. The first-order chi connectivity index (χ1) is 11.2. The first kappa shape index (κ1) is 14.4. The molecule has 4 rings (SSSR count). The first-order valence-corrected chi connectivity index (χ1v) is 7.94. The van der Waals surface area contributed by atoms with Crippen LogP contribution < -0.4 is 11.1 Å². The van der Waals surface area contributed by atoms with Gasteiger partial charge in [-0.3, -0.25) is 0 Å². The van der Waals surface area contributed by atoms with Crippen LogP contribution in [0.15, 0.2) is 18.2 Å². The van der Waals surface area contributed by atoms with Gasteiger partial charge >= 0.3 is 0 Å². The molecule has 6 nitrogen and oxygen atoms in total. The highest BCUT2D eigenvalue weighted by Gasteiger charge is 2.25. The van der Waals surface area contributed by atoms with Gasteiger partial charge in [-0.15, -0.1) is 0 Å². The Kier molecular flexibility index (Phi) is 3.43. The monoisotopic (exact) mass is 332 g/mol. The van der Waals surface area contributed by atoms with E-state index in [1.807, 2.05) is 18.2 Å². The second-order valence-electron chi connectivity index (χ2n) is 5.67. The van der Waals surface area contributed by atoms with Crippen molar-refractivity contribution in [3.8, 4) is 0 Å². The quantitative estimate of drug-likeness (QED) is 0.699. The van der Waals surface area contributed by atoms with Crippen LogP contribution in [0.2, 0.25) is 5.02 Å². The number of hydrogen-bond acceptors (Lipinski definition) is 5. The van der Waals surface area contributed by atoms with E-state index >= 15 is 0 Å². The molecule has 0 saturated heterocycles. The number of anilines is 2. The Labute approximate surface area is 138 Å². The largest absolute Gasteiger partial charge is 0.493 e. The topological polar surface area (TPSA) is 85.3 Å². The molecule has 1 aromatic carbocycles. The molecule has 2 aliphatic rings. The second kappa shape index (κ2) is 5.47. The standard InChI is InChI=1S/C16H17ClN4O2/c17-12-3-1-2-9-10(4-6-19-14(9)12)16(22)21-15(18)11-5-7-23-8-13(11)20-21/h1-3,19,22H,4-8,18H2/b16-10-. The summed E-state index contributed by atoms with van der Waals surface area (Å²) in [5, 5.41) is 19.1. The fourth-order valence-electron chi connectivity index (χ4n) is 3.17. The van der Waals surface area contributed by atoms with Crippen molar-refractivity contribution in [3.63, 3.8) is 0 Å². The molecule has 0 atom stereocenters. The van der Waals surface area contributed by atoms with Crippen LogP contribution in [0.3, 0.4) is 0 Å². The number of ether oxygens (including phenoxy) is 1. The highest BCUT2D eigenvalue weighted by Crippen LogP contribution is 2.38. The molecule has 2 aliphatic heterocycles. The van der Waals surface area contributed by atoms with E-state index in [-0.39, 0.29) is 5.88 Å². The molecule has 2 aromatic rings. The highest BCUT2D eigenvalue weighted by molar-refractivity contribution is 6.33. The van der Waals surface area contributed by atoms with Crippen LogP contribution in [0.4, 0.5) is 11.5 Å². The van der Waals surface area contributed by atoms with Crippen molar-refractivity contribution >= 4 is 34.6 Å². The van der Waals surface area contributed by atoms with Crippen LogP contribution in [0.5, 0.6) is 0 Å². The van der Waals surface area contributed by atoms with E-state index in [0.717, 1.165) is 28.1 Å². The molecule has 120 valence electrons. The summed E-state index contributed by atoms with van der Waals surface area (Å²) in [5.41, 5.74) is 10.4. The van der Waals surface area contributed by atoms with E-state index in [9.17, 15) is 5.11 Å². The van der Waals surface area contributed by atoms with Crippen molar-refractivity contribution in [1.82, 2.24) is 9.78 Å². The Hall–Kier alpha value is -2.18. The summed E-state index contributed by atoms with van der Waals surface area (Å²) in [7, 11) is 0. The Balaban J connectivity index is 1.87. The maximum absolute atomic E-state index is 10.8. The lowest BCUT2D eigenvalue weighted by atomic mass is 9.97. The number of aromatic nitrogens is 2. The maximum atomic E-state index is 10.8. The summed E-state index contributed by atoms with van der Waals surface area (Å²) in [4.78, 5) is 0. The van der Waals surface area contributed by atoms with Crippen LogP contribution in [0, 0.1) is 0 Å². The third-order valence-electron chi connectivity index (χ3n) is 4.33. The van der Waals surface area contributed by atoms with Gasteiger partial charge in [0, 0.05) is 29.7 Å². The van der Waals surface area contributed by atoms with Gasteiger partial charge in [-0.25, -0.2) is 0 Å². The Morgan fingerprint density at radius 1 is 1.39 bits per heavy atom. The van der Waals surface area contributed by atoms with Gasteiger partial charge in [-0.2, -0.15) is 9.78 Å². The molecular weight excluding hydrogens is 316 g/mol. The molecule has 0 saturated carbocycles. The van der Waals surface area contributed by atoms with Crippen molar-refractivity contribution in [2.45, 2.75) is 19.4 Å². The van der Waals surface area contributed by atoms with Gasteiger partial charge in [-0.05, 0) is 12.5 Å². The molecule has 0 spiro atoms. The highest BCUT2D eigenvalue weighted by atomic mass is 35.5. The average molecular weight is 333 g/mol. The molecule has 0 fully saturated rings. The van der Waals surface area contributed by atoms with Crippen molar-refractivity contribution < 1.29 is 9.84 Å². The number of nitrogens with zero attached hydrogens (tertiary/aromatic N) is 2. The third kappa shape index (κ3) is 2.26. The van der Waals surface area contributed by atoms with Gasteiger partial charge in [0.05, 0.1) is 29.6 Å². The molecular formula is C16H17ClN4O2. The zero-order chi connectivity index (χ0) is 16.0. The van der Waals surface area contributed by atoms with Gasteiger partial charge in [-0.1, -0.05) is 23.7 Å². The van der Waals surface area contributed by atoms with E-state index in [4.69, 9.17) is 22.1 Å². The molecule has 0 amide bonds. The van der Waals surface area contributed by atoms with Gasteiger partial charge in [0.2, 0.25) is 5.88 Å². The van der Waals surface area contributed by atoms with Crippen LogP contribution in [-0.4, -0.2) is 28.0 Å². The van der Waals surface area contributed by atoms with Gasteiger partial charge < -0.3 is 20.9 Å². The molecule has 1 aromatic heterocycles. The SMILES string of the molecule is Nc1c2c(nn1/C(O)=C1\CCNc3c(Cl)cccc31)COCC2. The molecule has 0 aliphatic carbocycles. The van der Waals surface area contributed by atoms with E-state index in [2.05, 4.69) is 10.4 Å². The summed E-state index contributed by atoms with van der Waals surface area (Å²) >= 11 is 6.24. The van der Waals surface area contributed by atoms with Crippen LogP contribution in [0.1, 0.15) is 23.2 Å². The predicted octanol–water partition coefficient (Wildman–Crippen LogP) is 2.89. The molecule has 0 bridgehead atoms. The number of para-hydroxylation sites is 1.